The third-order valence-electron chi connectivity index (χ3n) is 17.4. The van der Waals surface area contributed by atoms with Crippen LogP contribution in [-0.4, -0.2) is 111 Å². The Labute approximate surface area is 645 Å². The fourth-order valence-electron chi connectivity index (χ4n) is 13.3. The number of quaternary nitrogens is 6. The summed E-state index contributed by atoms with van der Waals surface area (Å²) >= 11 is 0. The van der Waals surface area contributed by atoms with E-state index < -0.39 is 0 Å². The summed E-state index contributed by atoms with van der Waals surface area (Å²) in [5.41, 5.74) is 16.8. The van der Waals surface area contributed by atoms with Gasteiger partial charge in [0.2, 0.25) is 0 Å². The number of rotatable bonds is 24. The van der Waals surface area contributed by atoms with E-state index in [-0.39, 0.29) is 28.2 Å². The Morgan fingerprint density at radius 3 is 0.222 bits per heavy atom. The van der Waals surface area contributed by atoms with Crippen LogP contribution in [0.15, 0.2) is 364 Å². The summed E-state index contributed by atoms with van der Waals surface area (Å²) in [6.45, 7) is 12.8. The molecule has 0 saturated heterocycles. The van der Waals surface area contributed by atoms with Gasteiger partial charge in [-0.25, -0.2) is 0 Å². The van der Waals surface area contributed by atoms with Crippen LogP contribution >= 0.6 is 0 Å². The van der Waals surface area contributed by atoms with Gasteiger partial charge in [-0.3, -0.25) is 0 Å². The molecule has 0 aliphatic rings. The first-order valence-corrected chi connectivity index (χ1v) is 36.3. The maximum atomic E-state index is 2.28. The van der Waals surface area contributed by atoms with Gasteiger partial charge in [0.25, 0.3) is 0 Å². The van der Waals surface area contributed by atoms with Crippen molar-refractivity contribution in [3.63, 3.8) is 0 Å². The standard InChI is InChI=1S/6C16H20N.6FH/c6*1-17(2,13-15-9-5-3-6-10-15)14-16-11-7-4-8-12-16;;;;;;/h6*3-12H,13-14H2,1-2H3;6*1H/q6*+1;;;;;;/p-6. The molecule has 0 aliphatic heterocycles. The maximum absolute atomic E-state index is 2.28. The molecule has 0 unspecified atom stereocenters. The molecular weight excluding hydrogens is 1350 g/mol. The Kier molecular flexibility index (Phi) is 44.2. The van der Waals surface area contributed by atoms with E-state index in [9.17, 15) is 0 Å². The van der Waals surface area contributed by atoms with Gasteiger partial charge in [-0.15, -0.1) is 0 Å². The first-order valence-electron chi connectivity index (χ1n) is 36.3. The van der Waals surface area contributed by atoms with Gasteiger partial charge in [0.05, 0.1) is 84.6 Å². The van der Waals surface area contributed by atoms with E-state index in [1.54, 1.807) is 0 Å². The van der Waals surface area contributed by atoms with E-state index in [0.717, 1.165) is 105 Å². The molecule has 12 heteroatoms. The molecular formula is C96H120F6N6. The van der Waals surface area contributed by atoms with Gasteiger partial charge in [0, 0.05) is 66.8 Å². The van der Waals surface area contributed by atoms with Crippen molar-refractivity contribution in [2.24, 2.45) is 0 Å². The van der Waals surface area contributed by atoms with Crippen LogP contribution in [0, 0.1) is 0 Å². The first kappa shape index (κ1) is 96.0. The van der Waals surface area contributed by atoms with Crippen LogP contribution in [-0.2, 0) is 78.5 Å². The molecule has 0 saturated carbocycles. The Bertz CT molecular complexity index is 3150. The first-order chi connectivity index (χ1) is 48.9. The number of benzene rings is 12. The third kappa shape index (κ3) is 40.6. The third-order valence-corrected chi connectivity index (χ3v) is 17.4. The topological polar surface area (TPSA) is 0 Å². The van der Waals surface area contributed by atoms with Gasteiger partial charge in [-0.1, -0.05) is 364 Å². The quantitative estimate of drug-likeness (QED) is 0.0647. The van der Waals surface area contributed by atoms with Crippen LogP contribution in [0.3, 0.4) is 0 Å². The normalized spacial score (nSPS) is 10.8. The lowest BCUT2D eigenvalue weighted by Crippen LogP contribution is -3.00. The highest BCUT2D eigenvalue weighted by Gasteiger charge is 2.21. The van der Waals surface area contributed by atoms with E-state index >= 15 is 0 Å². The van der Waals surface area contributed by atoms with E-state index in [1.807, 2.05) is 0 Å². The summed E-state index contributed by atoms with van der Waals surface area (Å²) in [7, 11) is 27.3. The second-order valence-corrected chi connectivity index (χ2v) is 31.3. The zero-order chi connectivity index (χ0) is 72.8. The molecule has 0 radical (unpaired) electrons. The van der Waals surface area contributed by atoms with Crippen LogP contribution in [0.1, 0.15) is 66.8 Å². The van der Waals surface area contributed by atoms with Crippen molar-refractivity contribution in [2.45, 2.75) is 78.5 Å². The van der Waals surface area contributed by atoms with Gasteiger partial charge in [-0.2, -0.15) is 0 Å². The van der Waals surface area contributed by atoms with Crippen molar-refractivity contribution in [1.82, 2.24) is 0 Å². The average Bonchev–Trinajstić information content (AvgIpc) is 0.898. The van der Waals surface area contributed by atoms with Crippen LogP contribution < -0.4 is 28.2 Å². The molecule has 12 aromatic carbocycles. The minimum Gasteiger partial charge on any atom is -1.00 e. The lowest BCUT2D eigenvalue weighted by atomic mass is 10.1. The lowest BCUT2D eigenvalue weighted by molar-refractivity contribution is -0.916. The van der Waals surface area contributed by atoms with Crippen LogP contribution in [0.5, 0.6) is 0 Å². The fraction of sp³-hybridized carbons (Fsp3) is 0.250. The van der Waals surface area contributed by atoms with Crippen LogP contribution in [0.25, 0.3) is 0 Å². The summed E-state index contributed by atoms with van der Waals surface area (Å²) in [4.78, 5) is 0. The van der Waals surface area contributed by atoms with Crippen molar-refractivity contribution in [1.29, 1.82) is 0 Å². The SMILES string of the molecule is C[N+](C)(Cc1ccccc1)Cc1ccccc1.C[N+](C)(Cc1ccccc1)Cc1ccccc1.C[N+](C)(Cc1ccccc1)Cc1ccccc1.C[N+](C)(Cc1ccccc1)Cc1ccccc1.C[N+](C)(Cc1ccccc1)Cc1ccccc1.C[N+](C)(Cc1ccccc1)Cc1ccccc1.[F-].[F-].[F-].[F-].[F-].[F-]. The molecule has 0 fully saturated rings. The van der Waals surface area contributed by atoms with E-state index in [2.05, 4.69) is 449 Å². The summed E-state index contributed by atoms with van der Waals surface area (Å²) in [6, 6.07) is 128. The molecule has 0 aliphatic carbocycles. The molecule has 0 N–H and O–H groups in total. The van der Waals surface area contributed by atoms with Crippen molar-refractivity contribution in [2.75, 3.05) is 84.6 Å². The number of hydrogen-bond donors (Lipinski definition) is 0. The zero-order valence-corrected chi connectivity index (χ0v) is 66.1. The van der Waals surface area contributed by atoms with Gasteiger partial charge in [0.1, 0.15) is 78.5 Å². The highest BCUT2D eigenvalue weighted by molar-refractivity contribution is 5.22. The van der Waals surface area contributed by atoms with Crippen molar-refractivity contribution in [3.8, 4) is 0 Å². The Balaban J connectivity index is 0.000000641. The summed E-state index contributed by atoms with van der Waals surface area (Å²) in [6.07, 6.45) is 0. The lowest BCUT2D eigenvalue weighted by Gasteiger charge is -2.30. The van der Waals surface area contributed by atoms with Gasteiger partial charge < -0.3 is 55.1 Å². The molecule has 0 aromatic heterocycles. The molecule has 576 valence electrons. The predicted octanol–water partition coefficient (Wildman–Crippen LogP) is 2.80. The molecule has 0 spiro atoms. The molecule has 108 heavy (non-hydrogen) atoms. The minimum absolute atomic E-state index is 0. The molecule has 12 rings (SSSR count). The van der Waals surface area contributed by atoms with Gasteiger partial charge in [-0.05, 0) is 0 Å². The molecule has 6 nitrogen and oxygen atoms in total. The van der Waals surface area contributed by atoms with Gasteiger partial charge in [0.15, 0.2) is 0 Å². The number of hydrogen-bond acceptors (Lipinski definition) is 0. The smallest absolute Gasteiger partial charge is 0.104 e. The minimum atomic E-state index is 0. The van der Waals surface area contributed by atoms with E-state index in [0.29, 0.717) is 0 Å². The monoisotopic (exact) mass is 1470 g/mol. The molecule has 0 bridgehead atoms. The number of halogens is 6. The zero-order valence-electron chi connectivity index (χ0n) is 66.1. The molecule has 0 atom stereocenters. The Morgan fingerprint density at radius 2 is 0.167 bits per heavy atom. The highest BCUT2D eigenvalue weighted by Crippen LogP contribution is 2.21. The fourth-order valence-corrected chi connectivity index (χ4v) is 13.3. The summed E-state index contributed by atoms with van der Waals surface area (Å²) in [5.74, 6) is 0. The van der Waals surface area contributed by atoms with Gasteiger partial charge >= 0.3 is 0 Å². The van der Waals surface area contributed by atoms with Crippen molar-refractivity contribution < 1.29 is 55.1 Å². The molecule has 0 heterocycles. The second kappa shape index (κ2) is 49.8. The Hall–Kier alpha value is -10.0. The molecule has 0 amide bonds. The van der Waals surface area contributed by atoms with Crippen molar-refractivity contribution >= 4 is 0 Å². The summed E-state index contributed by atoms with van der Waals surface area (Å²) in [5, 5.41) is 0. The predicted molar refractivity (Wildman–Crippen MR) is 434 cm³/mol. The second-order valence-electron chi connectivity index (χ2n) is 31.3. The van der Waals surface area contributed by atoms with Crippen LogP contribution in [0.4, 0.5) is 0 Å². The van der Waals surface area contributed by atoms with Crippen LogP contribution in [0.2, 0.25) is 0 Å². The highest BCUT2D eigenvalue weighted by atomic mass is 19.0. The average molecular weight is 1470 g/mol. The van der Waals surface area contributed by atoms with Crippen molar-refractivity contribution in [3.05, 3.63) is 431 Å². The van der Waals surface area contributed by atoms with E-state index in [4.69, 9.17) is 0 Å². The Morgan fingerprint density at radius 1 is 0.111 bits per heavy atom. The largest absolute Gasteiger partial charge is 1.00 e. The van der Waals surface area contributed by atoms with E-state index in [1.165, 1.54) is 66.8 Å². The summed E-state index contributed by atoms with van der Waals surface area (Å²) < 4.78 is 5.88. The maximum Gasteiger partial charge on any atom is 0.104 e. The molecule has 12 aromatic rings. The number of nitrogens with zero attached hydrogens (tertiary/aromatic N) is 6.